The van der Waals surface area contributed by atoms with Crippen molar-refractivity contribution in [3.05, 3.63) is 47.2 Å². The van der Waals surface area contributed by atoms with Crippen molar-refractivity contribution in [2.24, 2.45) is 5.10 Å². The number of furan rings is 1. The molecule has 0 unspecified atom stereocenters. The maximum Gasteiger partial charge on any atom is 0.347 e. The fourth-order valence-corrected chi connectivity index (χ4v) is 2.83. The predicted molar refractivity (Wildman–Crippen MR) is 104 cm³/mol. The predicted octanol–water partition coefficient (Wildman–Crippen LogP) is 3.15. The number of rotatable bonds is 7. The molecule has 1 fully saturated rings. The van der Waals surface area contributed by atoms with Crippen molar-refractivity contribution in [1.82, 2.24) is 14.8 Å². The summed E-state index contributed by atoms with van der Waals surface area (Å²) in [6.07, 6.45) is 2.17. The van der Waals surface area contributed by atoms with Crippen LogP contribution in [-0.2, 0) is 4.79 Å². The van der Waals surface area contributed by atoms with Crippen LogP contribution in [0, 0.1) is 0 Å². The molecule has 8 heteroatoms. The van der Waals surface area contributed by atoms with Crippen LogP contribution in [0.25, 0.3) is 11.3 Å². The zero-order valence-corrected chi connectivity index (χ0v) is 16.0. The van der Waals surface area contributed by atoms with Crippen LogP contribution in [0.2, 0.25) is 5.02 Å². The van der Waals surface area contributed by atoms with Gasteiger partial charge in [0.2, 0.25) is 0 Å². The molecule has 1 aliphatic heterocycles. The summed E-state index contributed by atoms with van der Waals surface area (Å²) in [4.78, 5) is 27.6. The number of amides is 3. The van der Waals surface area contributed by atoms with Crippen molar-refractivity contribution in [2.75, 3.05) is 33.7 Å². The maximum atomic E-state index is 12.3. The van der Waals surface area contributed by atoms with Crippen molar-refractivity contribution in [2.45, 2.75) is 6.42 Å². The summed E-state index contributed by atoms with van der Waals surface area (Å²) >= 11 is 5.89. The normalized spacial score (nSPS) is 15.0. The van der Waals surface area contributed by atoms with Gasteiger partial charge in [-0.2, -0.15) is 5.10 Å². The highest BCUT2D eigenvalue weighted by molar-refractivity contribution is 6.30. The summed E-state index contributed by atoms with van der Waals surface area (Å²) in [5.41, 5.74) is 0.888. The number of urea groups is 1. The van der Waals surface area contributed by atoms with E-state index in [1.165, 1.54) is 11.1 Å². The number of imide groups is 1. The number of hydrogen-bond acceptors (Lipinski definition) is 5. The van der Waals surface area contributed by atoms with Gasteiger partial charge in [0.25, 0.3) is 5.91 Å². The molecular formula is C19H21ClN4O3. The lowest BCUT2D eigenvalue weighted by atomic mass is 10.2. The van der Waals surface area contributed by atoms with Crippen molar-refractivity contribution in [3.8, 4) is 11.3 Å². The summed E-state index contributed by atoms with van der Waals surface area (Å²) in [5, 5.41) is 5.92. The van der Waals surface area contributed by atoms with Gasteiger partial charge in [-0.05, 0) is 63.5 Å². The lowest BCUT2D eigenvalue weighted by Gasteiger charge is -2.15. The molecule has 3 rings (SSSR count). The second kappa shape index (κ2) is 8.37. The minimum absolute atomic E-state index is 0.0535. The fourth-order valence-electron chi connectivity index (χ4n) is 2.70. The highest BCUT2D eigenvalue weighted by Crippen LogP contribution is 2.23. The molecule has 3 amide bonds. The van der Waals surface area contributed by atoms with Crippen LogP contribution in [0.5, 0.6) is 0 Å². The molecule has 0 bridgehead atoms. The zero-order chi connectivity index (χ0) is 19.4. The van der Waals surface area contributed by atoms with Crippen LogP contribution >= 0.6 is 11.6 Å². The Morgan fingerprint density at radius 3 is 2.63 bits per heavy atom. The Morgan fingerprint density at radius 2 is 1.93 bits per heavy atom. The average molecular weight is 389 g/mol. The van der Waals surface area contributed by atoms with E-state index in [1.807, 2.05) is 37.2 Å². The smallest absolute Gasteiger partial charge is 0.347 e. The van der Waals surface area contributed by atoms with E-state index >= 15 is 0 Å². The van der Waals surface area contributed by atoms with E-state index in [2.05, 4.69) is 5.10 Å². The van der Waals surface area contributed by atoms with Gasteiger partial charge < -0.3 is 9.32 Å². The lowest BCUT2D eigenvalue weighted by Crippen LogP contribution is -2.33. The topological polar surface area (TPSA) is 69.4 Å². The van der Waals surface area contributed by atoms with E-state index in [1.54, 1.807) is 18.2 Å². The molecule has 0 atom stereocenters. The van der Waals surface area contributed by atoms with Gasteiger partial charge in [0.1, 0.15) is 18.1 Å². The maximum absolute atomic E-state index is 12.3. The first-order valence-corrected chi connectivity index (χ1v) is 8.98. The molecule has 0 radical (unpaired) electrons. The summed E-state index contributed by atoms with van der Waals surface area (Å²) < 4.78 is 5.72. The highest BCUT2D eigenvalue weighted by Gasteiger charge is 2.35. The zero-order valence-electron chi connectivity index (χ0n) is 15.3. The lowest BCUT2D eigenvalue weighted by molar-refractivity contribution is -0.125. The van der Waals surface area contributed by atoms with Gasteiger partial charge in [0.05, 0.1) is 6.21 Å². The van der Waals surface area contributed by atoms with E-state index in [0.29, 0.717) is 23.1 Å². The van der Waals surface area contributed by atoms with Crippen molar-refractivity contribution >= 4 is 29.8 Å². The Balaban J connectivity index is 1.62. The average Bonchev–Trinajstić information content (AvgIpc) is 3.20. The van der Waals surface area contributed by atoms with Crippen LogP contribution in [0.4, 0.5) is 4.79 Å². The Bertz CT molecular complexity index is 845. The van der Waals surface area contributed by atoms with E-state index in [0.717, 1.165) is 23.5 Å². The summed E-state index contributed by atoms with van der Waals surface area (Å²) in [6, 6.07) is 10.4. The van der Waals surface area contributed by atoms with E-state index < -0.39 is 6.03 Å². The minimum atomic E-state index is -0.403. The van der Waals surface area contributed by atoms with Crippen LogP contribution in [0.15, 0.2) is 45.9 Å². The number of nitrogens with zero attached hydrogens (tertiary/aromatic N) is 4. The highest BCUT2D eigenvalue weighted by atomic mass is 35.5. The van der Waals surface area contributed by atoms with Gasteiger partial charge in [-0.1, -0.05) is 11.6 Å². The molecule has 0 saturated carbocycles. The molecule has 2 aromatic rings. The Morgan fingerprint density at radius 1 is 1.19 bits per heavy atom. The first-order chi connectivity index (χ1) is 12.9. The number of hydrazone groups is 1. The molecule has 1 saturated heterocycles. The van der Waals surface area contributed by atoms with Gasteiger partial charge in [-0.25, -0.2) is 9.80 Å². The van der Waals surface area contributed by atoms with E-state index in [-0.39, 0.29) is 12.5 Å². The number of hydrogen-bond donors (Lipinski definition) is 0. The van der Waals surface area contributed by atoms with E-state index in [9.17, 15) is 9.59 Å². The minimum Gasteiger partial charge on any atom is -0.455 e. The van der Waals surface area contributed by atoms with Gasteiger partial charge >= 0.3 is 6.03 Å². The Kier molecular flexibility index (Phi) is 5.93. The first-order valence-electron chi connectivity index (χ1n) is 8.60. The fraction of sp³-hybridized carbons (Fsp3) is 0.316. The van der Waals surface area contributed by atoms with Gasteiger partial charge in [0, 0.05) is 17.1 Å². The number of carbonyl (C=O) groups excluding carboxylic acids is 2. The molecule has 1 aliphatic rings. The van der Waals surface area contributed by atoms with Crippen molar-refractivity contribution in [1.29, 1.82) is 0 Å². The largest absolute Gasteiger partial charge is 0.455 e. The van der Waals surface area contributed by atoms with Crippen LogP contribution in [-0.4, -0.2) is 66.7 Å². The second-order valence-corrected chi connectivity index (χ2v) is 6.93. The summed E-state index contributed by atoms with van der Waals surface area (Å²) in [5.74, 6) is 0.922. The molecule has 27 heavy (non-hydrogen) atoms. The molecule has 7 nitrogen and oxygen atoms in total. The molecule has 1 aromatic carbocycles. The third-order valence-corrected chi connectivity index (χ3v) is 4.36. The molecule has 1 aromatic heterocycles. The number of carbonyl (C=O) groups is 2. The van der Waals surface area contributed by atoms with Gasteiger partial charge in [-0.3, -0.25) is 9.69 Å². The number of halogens is 1. The van der Waals surface area contributed by atoms with E-state index in [4.69, 9.17) is 16.0 Å². The van der Waals surface area contributed by atoms with Crippen molar-refractivity contribution in [3.63, 3.8) is 0 Å². The molecule has 0 spiro atoms. The van der Waals surface area contributed by atoms with Crippen LogP contribution in [0.1, 0.15) is 12.2 Å². The number of benzene rings is 1. The third-order valence-electron chi connectivity index (χ3n) is 4.10. The Hall–Kier alpha value is -2.64. The van der Waals surface area contributed by atoms with Crippen molar-refractivity contribution < 1.29 is 14.0 Å². The monoisotopic (exact) mass is 388 g/mol. The quantitative estimate of drug-likeness (QED) is 0.539. The third kappa shape index (κ3) is 4.75. The summed E-state index contributed by atoms with van der Waals surface area (Å²) in [6.45, 7) is 1.14. The molecular weight excluding hydrogens is 368 g/mol. The van der Waals surface area contributed by atoms with Crippen LogP contribution < -0.4 is 0 Å². The Labute approximate surface area is 162 Å². The summed E-state index contributed by atoms with van der Waals surface area (Å²) in [7, 11) is 3.90. The van der Waals surface area contributed by atoms with Crippen LogP contribution in [0.3, 0.4) is 0 Å². The molecule has 0 aliphatic carbocycles. The molecule has 0 N–H and O–H groups in total. The molecule has 2 heterocycles. The molecule has 142 valence electrons. The second-order valence-electron chi connectivity index (χ2n) is 6.50. The first kappa shape index (κ1) is 19.1. The standard InChI is InChI=1S/C19H21ClN4O3/c1-22(2)10-3-11-23-18(25)13-24(19(23)26)21-12-16-8-9-17(27-16)14-4-6-15(20)7-5-14/h4-9,12H,3,10-11,13H2,1-2H3/b21-12+. The van der Waals surface area contributed by atoms with Gasteiger partial charge in [-0.15, -0.1) is 0 Å². The van der Waals surface area contributed by atoms with Gasteiger partial charge in [0.15, 0.2) is 0 Å². The SMILES string of the molecule is CN(C)CCCN1C(=O)CN(/N=C/c2ccc(-c3ccc(Cl)cc3)o2)C1=O.